The molecule has 0 aromatic heterocycles. The topological polar surface area (TPSA) is 155 Å². The summed E-state index contributed by atoms with van der Waals surface area (Å²) in [6.45, 7) is 2.32. The molecule has 13 heteroatoms. The summed E-state index contributed by atoms with van der Waals surface area (Å²) in [5.74, 6) is -0.241. The van der Waals surface area contributed by atoms with Crippen molar-refractivity contribution in [3.8, 4) is 11.5 Å². The highest BCUT2D eigenvalue weighted by Gasteiger charge is 2.34. The van der Waals surface area contributed by atoms with Crippen molar-refractivity contribution >= 4 is 34.6 Å². The molecule has 0 spiro atoms. The molecule has 6 N–H and O–H groups in total. The third-order valence-corrected chi connectivity index (χ3v) is 6.18. The summed E-state index contributed by atoms with van der Waals surface area (Å²) in [5, 5.41) is 21.9. The van der Waals surface area contributed by atoms with E-state index in [9.17, 15) is 20.0 Å². The van der Waals surface area contributed by atoms with E-state index in [-0.39, 0.29) is 36.9 Å². The first-order valence-electron chi connectivity index (χ1n) is 11.0. The summed E-state index contributed by atoms with van der Waals surface area (Å²) in [4.78, 5) is 27.3. The van der Waals surface area contributed by atoms with E-state index in [1.165, 1.54) is 38.5 Å². The number of piperazine rings is 1. The van der Waals surface area contributed by atoms with Gasteiger partial charge in [0.15, 0.2) is 6.54 Å². The number of benzene rings is 2. The Balaban J connectivity index is 0.00000456. The highest BCUT2D eigenvalue weighted by Crippen LogP contribution is 2.28. The number of methoxy groups -OCH3 is 2. The fourth-order valence-electron chi connectivity index (χ4n) is 3.91. The number of anilines is 4. The van der Waals surface area contributed by atoms with Crippen LogP contribution in [0.4, 0.5) is 22.7 Å². The van der Waals surface area contributed by atoms with Gasteiger partial charge in [0.05, 0.1) is 63.7 Å². The van der Waals surface area contributed by atoms with Crippen molar-refractivity contribution in [3.05, 3.63) is 36.4 Å². The number of quaternary nitrogens is 1. The molecule has 0 unspecified atom stereocenters. The van der Waals surface area contributed by atoms with Crippen LogP contribution in [-0.2, 0) is 9.59 Å². The third-order valence-electron chi connectivity index (χ3n) is 6.18. The van der Waals surface area contributed by atoms with Crippen molar-refractivity contribution in [1.82, 2.24) is 4.90 Å². The van der Waals surface area contributed by atoms with Crippen molar-refractivity contribution in [2.75, 3.05) is 82.1 Å². The van der Waals surface area contributed by atoms with Crippen molar-refractivity contribution < 1.29 is 46.4 Å². The van der Waals surface area contributed by atoms with Gasteiger partial charge in [-0.05, 0) is 24.3 Å². The van der Waals surface area contributed by atoms with Gasteiger partial charge >= 0.3 is 5.91 Å². The highest BCUT2D eigenvalue weighted by atomic mass is 35.5. The third kappa shape index (κ3) is 6.68. The predicted molar refractivity (Wildman–Crippen MR) is 131 cm³/mol. The second kappa shape index (κ2) is 12.1. The highest BCUT2D eigenvalue weighted by molar-refractivity contribution is 5.93. The maximum Gasteiger partial charge on any atom is 0.305 e. The Bertz CT molecular complexity index is 1080. The second-order valence-electron chi connectivity index (χ2n) is 8.76. The van der Waals surface area contributed by atoms with Crippen LogP contribution in [0.3, 0.4) is 0 Å². The monoisotopic (exact) mass is 524 g/mol. The SMILES string of the molecule is COc1cc(N(O)C(=O)CN2CC[N+](C)(CC(=O)N(O)c3ccc(N)c(OC)c3)CC2)ccc1N.[Cl-]. The number of carbonyl (C=O) groups is 2. The Hall–Kier alpha value is -3.29. The van der Waals surface area contributed by atoms with E-state index in [0.29, 0.717) is 63.7 Å². The van der Waals surface area contributed by atoms with Gasteiger partial charge in [-0.3, -0.25) is 24.9 Å². The van der Waals surface area contributed by atoms with Gasteiger partial charge in [0.25, 0.3) is 5.91 Å². The Morgan fingerprint density at radius 2 is 1.36 bits per heavy atom. The number of nitrogens with zero attached hydrogens (tertiary/aromatic N) is 4. The van der Waals surface area contributed by atoms with Gasteiger partial charge in [-0.2, -0.15) is 10.1 Å². The van der Waals surface area contributed by atoms with E-state index in [1.807, 2.05) is 11.9 Å². The Kier molecular flexibility index (Phi) is 9.73. The van der Waals surface area contributed by atoms with E-state index in [0.717, 1.165) is 0 Å². The molecule has 0 saturated carbocycles. The lowest BCUT2D eigenvalue weighted by atomic mass is 10.2. The lowest BCUT2D eigenvalue weighted by Crippen LogP contribution is -3.00. The maximum atomic E-state index is 12.7. The van der Waals surface area contributed by atoms with E-state index < -0.39 is 11.8 Å². The number of hydroxylamine groups is 2. The van der Waals surface area contributed by atoms with Crippen LogP contribution in [0.5, 0.6) is 11.5 Å². The maximum absolute atomic E-state index is 12.7. The first-order valence-corrected chi connectivity index (χ1v) is 11.0. The Labute approximate surface area is 216 Å². The number of ether oxygens (including phenoxy) is 2. The molecule has 0 bridgehead atoms. The molecule has 1 heterocycles. The summed E-state index contributed by atoms with van der Waals surface area (Å²) in [7, 11) is 4.83. The van der Waals surface area contributed by atoms with Crippen molar-refractivity contribution in [2.45, 2.75) is 0 Å². The van der Waals surface area contributed by atoms with Gasteiger partial charge in [0.1, 0.15) is 11.5 Å². The summed E-state index contributed by atoms with van der Waals surface area (Å²) in [6, 6.07) is 9.16. The van der Waals surface area contributed by atoms with Crippen molar-refractivity contribution in [2.24, 2.45) is 0 Å². The number of nitrogens with two attached hydrogens (primary N) is 2. The largest absolute Gasteiger partial charge is 1.00 e. The van der Waals surface area contributed by atoms with Crippen molar-refractivity contribution in [1.29, 1.82) is 0 Å². The number of rotatable bonds is 8. The number of halogens is 1. The molecule has 1 fully saturated rings. The molecule has 12 nitrogen and oxygen atoms in total. The van der Waals surface area contributed by atoms with Crippen molar-refractivity contribution in [3.63, 3.8) is 0 Å². The smallest absolute Gasteiger partial charge is 0.305 e. The lowest BCUT2D eigenvalue weighted by Gasteiger charge is -2.41. The van der Waals surface area contributed by atoms with Crippen LogP contribution in [0.2, 0.25) is 0 Å². The molecule has 0 atom stereocenters. The van der Waals surface area contributed by atoms with Crippen LogP contribution in [-0.4, -0.2) is 92.1 Å². The number of amides is 2. The van der Waals surface area contributed by atoms with Gasteiger partial charge in [0, 0.05) is 25.2 Å². The molecular weight excluding hydrogens is 492 g/mol. The molecule has 2 amide bonds. The van der Waals surface area contributed by atoms with E-state index in [2.05, 4.69) is 0 Å². The van der Waals surface area contributed by atoms with Crippen LogP contribution in [0.15, 0.2) is 36.4 Å². The standard InChI is InChI=1S/C23H33N6O6.ClH/c1-29(15-23(31)28(33)17-5-7-19(25)21(13-17)35-3)10-8-26(9-11-29)14-22(30)27(32)16-4-6-18(24)20(12-16)34-2;/h4-7,12-13,32-33H,8-11,14-15,24-25H2,1-3H3;1H/q+1;/p-1. The summed E-state index contributed by atoms with van der Waals surface area (Å²) in [6.07, 6.45) is 0. The molecule has 3 rings (SSSR count). The van der Waals surface area contributed by atoms with E-state index >= 15 is 0 Å². The fourth-order valence-corrected chi connectivity index (χ4v) is 3.91. The molecule has 0 aliphatic carbocycles. The molecule has 198 valence electrons. The van der Waals surface area contributed by atoms with Gasteiger partial charge < -0.3 is 37.8 Å². The number of carbonyl (C=O) groups excluding carboxylic acids is 2. The predicted octanol–water partition coefficient (Wildman–Crippen LogP) is -2.22. The number of hydrogen-bond acceptors (Lipinski definition) is 9. The quantitative estimate of drug-likeness (QED) is 0.130. The zero-order chi connectivity index (χ0) is 25.8. The minimum atomic E-state index is -0.497. The second-order valence-corrected chi connectivity index (χ2v) is 8.76. The number of likely N-dealkylation sites (N-methyl/N-ethyl adjacent to an activating group) is 1. The Morgan fingerprint density at radius 3 is 1.81 bits per heavy atom. The first kappa shape index (κ1) is 28.9. The summed E-state index contributed by atoms with van der Waals surface area (Å²) >= 11 is 0. The van der Waals surface area contributed by atoms with Crippen LogP contribution in [0.1, 0.15) is 0 Å². The van der Waals surface area contributed by atoms with E-state index in [1.54, 1.807) is 12.1 Å². The normalized spacial score (nSPS) is 14.9. The lowest BCUT2D eigenvalue weighted by molar-refractivity contribution is -0.906. The number of hydrogen-bond donors (Lipinski definition) is 4. The Morgan fingerprint density at radius 1 is 0.917 bits per heavy atom. The summed E-state index contributed by atoms with van der Waals surface area (Å²) in [5.41, 5.74) is 12.9. The van der Waals surface area contributed by atoms with Crippen LogP contribution in [0.25, 0.3) is 0 Å². The van der Waals surface area contributed by atoms with E-state index in [4.69, 9.17) is 20.9 Å². The van der Waals surface area contributed by atoms with Crippen LogP contribution in [0, 0.1) is 0 Å². The zero-order valence-electron chi connectivity index (χ0n) is 20.6. The fraction of sp³-hybridized carbons (Fsp3) is 0.391. The zero-order valence-corrected chi connectivity index (χ0v) is 21.3. The molecule has 36 heavy (non-hydrogen) atoms. The first-order chi connectivity index (χ1) is 16.6. The van der Waals surface area contributed by atoms with Gasteiger partial charge in [0.2, 0.25) is 0 Å². The van der Waals surface area contributed by atoms with Crippen LogP contribution >= 0.6 is 0 Å². The van der Waals surface area contributed by atoms with Crippen LogP contribution < -0.4 is 43.5 Å². The molecule has 1 aliphatic heterocycles. The molecule has 2 aromatic carbocycles. The average molecular weight is 525 g/mol. The minimum Gasteiger partial charge on any atom is -1.00 e. The average Bonchev–Trinajstić information content (AvgIpc) is 2.85. The molecule has 0 radical (unpaired) electrons. The molecule has 1 aliphatic rings. The van der Waals surface area contributed by atoms with Gasteiger partial charge in [-0.25, -0.2) is 0 Å². The van der Waals surface area contributed by atoms with Gasteiger partial charge in [-0.1, -0.05) is 0 Å². The van der Waals surface area contributed by atoms with Gasteiger partial charge in [-0.15, -0.1) is 0 Å². The molecular formula is C23H33ClN6O6. The molecule has 1 saturated heterocycles. The molecule has 2 aromatic rings. The minimum absolute atomic E-state index is 0. The summed E-state index contributed by atoms with van der Waals surface area (Å²) < 4.78 is 10.7. The number of nitrogen functional groups attached to an aromatic ring is 2.